The first-order valence-corrected chi connectivity index (χ1v) is 5.79. The van der Waals surface area contributed by atoms with E-state index in [1.54, 1.807) is 13.1 Å². The summed E-state index contributed by atoms with van der Waals surface area (Å²) in [6, 6.07) is 3.84. The molecule has 0 heterocycles. The molecular formula is C13H14F3NO. The zero-order valence-corrected chi connectivity index (χ0v) is 10.00. The molecular weight excluding hydrogens is 243 g/mol. The van der Waals surface area contributed by atoms with E-state index in [4.69, 9.17) is 0 Å². The van der Waals surface area contributed by atoms with E-state index in [1.165, 1.54) is 6.07 Å². The predicted octanol–water partition coefficient (Wildman–Crippen LogP) is 3.36. The number of nitrogens with zero attached hydrogens (tertiary/aromatic N) is 1. The number of hydrogen-bond donors (Lipinski definition) is 0. The van der Waals surface area contributed by atoms with Crippen molar-refractivity contribution in [1.82, 2.24) is 0 Å². The molecule has 0 atom stereocenters. The van der Waals surface area contributed by atoms with E-state index in [1.807, 2.05) is 4.90 Å². The number of hydrogen-bond acceptors (Lipinski definition) is 2. The van der Waals surface area contributed by atoms with Crippen molar-refractivity contribution in [2.24, 2.45) is 5.92 Å². The number of aldehydes is 1. The van der Waals surface area contributed by atoms with Crippen LogP contribution in [0.4, 0.5) is 18.9 Å². The normalized spacial score (nSPS) is 15.6. The second kappa shape index (κ2) is 4.63. The van der Waals surface area contributed by atoms with Crippen LogP contribution < -0.4 is 4.90 Å². The van der Waals surface area contributed by atoms with Gasteiger partial charge in [0.05, 0.1) is 5.56 Å². The Kier molecular flexibility index (Phi) is 3.32. The summed E-state index contributed by atoms with van der Waals surface area (Å²) in [5.41, 5.74) is -0.677. The molecule has 2 rings (SSSR count). The van der Waals surface area contributed by atoms with E-state index in [2.05, 4.69) is 0 Å². The molecule has 0 amide bonds. The fourth-order valence-electron chi connectivity index (χ4n) is 1.92. The van der Waals surface area contributed by atoms with Crippen LogP contribution in [0.2, 0.25) is 0 Å². The maximum Gasteiger partial charge on any atom is 0.417 e. The molecule has 0 radical (unpaired) electrons. The molecule has 1 fully saturated rings. The smallest absolute Gasteiger partial charge is 0.374 e. The summed E-state index contributed by atoms with van der Waals surface area (Å²) < 4.78 is 38.3. The minimum Gasteiger partial charge on any atom is -0.374 e. The summed E-state index contributed by atoms with van der Waals surface area (Å²) in [7, 11) is 1.77. The van der Waals surface area contributed by atoms with Gasteiger partial charge in [0, 0.05) is 24.8 Å². The number of rotatable bonds is 4. The van der Waals surface area contributed by atoms with E-state index in [-0.39, 0.29) is 11.8 Å². The van der Waals surface area contributed by atoms with E-state index < -0.39 is 11.7 Å². The summed E-state index contributed by atoms with van der Waals surface area (Å²) in [5, 5.41) is 0. The molecule has 0 unspecified atom stereocenters. The molecule has 98 valence electrons. The molecule has 0 saturated heterocycles. The molecule has 0 aliphatic heterocycles. The van der Waals surface area contributed by atoms with Gasteiger partial charge in [0.15, 0.2) is 6.29 Å². The molecule has 0 N–H and O–H groups in total. The standard InChI is InChI=1S/C13H14F3NO/c1-17(7-9-2-3-9)11-5-4-10(8-18)12(6-11)13(14,15)16/h4-6,8-9H,2-3,7H2,1H3. The fraction of sp³-hybridized carbons (Fsp3) is 0.462. The van der Waals surface area contributed by atoms with Gasteiger partial charge in [-0.3, -0.25) is 4.79 Å². The average molecular weight is 257 g/mol. The molecule has 1 aromatic carbocycles. The van der Waals surface area contributed by atoms with Crippen LogP contribution in [0.3, 0.4) is 0 Å². The monoisotopic (exact) mass is 257 g/mol. The van der Waals surface area contributed by atoms with Crippen LogP contribution in [0.25, 0.3) is 0 Å². The van der Waals surface area contributed by atoms with Gasteiger partial charge >= 0.3 is 6.18 Å². The number of halogens is 3. The average Bonchev–Trinajstić information content (AvgIpc) is 3.11. The highest BCUT2D eigenvalue weighted by Gasteiger charge is 2.34. The fourth-order valence-corrected chi connectivity index (χ4v) is 1.92. The third-order valence-corrected chi connectivity index (χ3v) is 3.14. The Morgan fingerprint density at radius 1 is 1.39 bits per heavy atom. The van der Waals surface area contributed by atoms with Gasteiger partial charge in [0.25, 0.3) is 0 Å². The largest absolute Gasteiger partial charge is 0.417 e. The van der Waals surface area contributed by atoms with E-state index in [0.717, 1.165) is 25.5 Å². The second-order valence-electron chi connectivity index (χ2n) is 4.71. The van der Waals surface area contributed by atoms with Gasteiger partial charge < -0.3 is 4.90 Å². The van der Waals surface area contributed by atoms with Crippen LogP contribution in [-0.4, -0.2) is 19.9 Å². The summed E-state index contributed by atoms with van der Waals surface area (Å²) in [5.74, 6) is 0.593. The summed E-state index contributed by atoms with van der Waals surface area (Å²) in [4.78, 5) is 12.4. The van der Waals surface area contributed by atoms with E-state index in [9.17, 15) is 18.0 Å². The van der Waals surface area contributed by atoms with Crippen LogP contribution in [0.1, 0.15) is 28.8 Å². The Hall–Kier alpha value is -1.52. The SMILES string of the molecule is CN(CC1CC1)c1ccc(C=O)c(C(F)(F)F)c1. The van der Waals surface area contributed by atoms with Crippen LogP contribution in [0, 0.1) is 5.92 Å². The highest BCUT2D eigenvalue weighted by molar-refractivity contribution is 5.79. The molecule has 18 heavy (non-hydrogen) atoms. The third kappa shape index (κ3) is 2.83. The topological polar surface area (TPSA) is 20.3 Å². The Balaban J connectivity index is 2.29. The van der Waals surface area contributed by atoms with Crippen LogP contribution in [0.15, 0.2) is 18.2 Å². The maximum atomic E-state index is 12.8. The number of alkyl halides is 3. The first kappa shape index (κ1) is 12.9. The number of carbonyl (C=O) groups is 1. The Labute approximate surface area is 103 Å². The lowest BCUT2D eigenvalue weighted by Crippen LogP contribution is -2.21. The lowest BCUT2D eigenvalue weighted by molar-refractivity contribution is -0.137. The quantitative estimate of drug-likeness (QED) is 0.771. The zero-order chi connectivity index (χ0) is 13.3. The van der Waals surface area contributed by atoms with Crippen molar-refractivity contribution >= 4 is 12.0 Å². The van der Waals surface area contributed by atoms with Gasteiger partial charge in [-0.1, -0.05) is 0 Å². The van der Waals surface area contributed by atoms with Gasteiger partial charge in [-0.15, -0.1) is 0 Å². The van der Waals surface area contributed by atoms with Crippen molar-refractivity contribution in [1.29, 1.82) is 0 Å². The van der Waals surface area contributed by atoms with Crippen molar-refractivity contribution in [2.45, 2.75) is 19.0 Å². The Morgan fingerprint density at radius 2 is 2.06 bits per heavy atom. The van der Waals surface area contributed by atoms with Gasteiger partial charge in [-0.25, -0.2) is 0 Å². The molecule has 0 aromatic heterocycles. The second-order valence-corrected chi connectivity index (χ2v) is 4.71. The van der Waals surface area contributed by atoms with Crippen molar-refractivity contribution in [3.63, 3.8) is 0 Å². The Bertz CT molecular complexity index is 452. The van der Waals surface area contributed by atoms with E-state index in [0.29, 0.717) is 11.6 Å². The lowest BCUT2D eigenvalue weighted by Gasteiger charge is -2.21. The highest BCUT2D eigenvalue weighted by atomic mass is 19.4. The minimum absolute atomic E-state index is 0.244. The Morgan fingerprint density at radius 3 is 2.56 bits per heavy atom. The van der Waals surface area contributed by atoms with E-state index >= 15 is 0 Å². The molecule has 1 aromatic rings. The maximum absolute atomic E-state index is 12.8. The number of carbonyl (C=O) groups excluding carboxylic acids is 1. The lowest BCUT2D eigenvalue weighted by atomic mass is 10.1. The molecule has 1 aliphatic carbocycles. The van der Waals surface area contributed by atoms with Crippen LogP contribution in [0.5, 0.6) is 0 Å². The number of anilines is 1. The van der Waals surface area contributed by atoms with Crippen LogP contribution in [-0.2, 0) is 6.18 Å². The molecule has 5 heteroatoms. The molecule has 2 nitrogen and oxygen atoms in total. The van der Waals surface area contributed by atoms with Crippen molar-refractivity contribution in [2.75, 3.05) is 18.5 Å². The third-order valence-electron chi connectivity index (χ3n) is 3.14. The zero-order valence-electron chi connectivity index (χ0n) is 10.00. The molecule has 1 aliphatic rings. The summed E-state index contributed by atoms with van der Waals surface area (Å²) in [6.07, 6.45) is -1.97. The molecule has 0 bridgehead atoms. The number of benzene rings is 1. The highest BCUT2D eigenvalue weighted by Crippen LogP contribution is 2.35. The van der Waals surface area contributed by atoms with Crippen molar-refractivity contribution in [3.05, 3.63) is 29.3 Å². The van der Waals surface area contributed by atoms with Gasteiger partial charge in [-0.2, -0.15) is 13.2 Å². The predicted molar refractivity (Wildman–Crippen MR) is 62.8 cm³/mol. The molecule has 1 saturated carbocycles. The minimum atomic E-state index is -4.49. The molecule has 0 spiro atoms. The summed E-state index contributed by atoms with van der Waals surface area (Å²) >= 11 is 0. The van der Waals surface area contributed by atoms with Gasteiger partial charge in [-0.05, 0) is 37.0 Å². The van der Waals surface area contributed by atoms with Crippen molar-refractivity contribution in [3.8, 4) is 0 Å². The van der Waals surface area contributed by atoms with Crippen molar-refractivity contribution < 1.29 is 18.0 Å². The summed E-state index contributed by atoms with van der Waals surface area (Å²) in [6.45, 7) is 0.762. The first-order valence-electron chi connectivity index (χ1n) is 5.79. The van der Waals surface area contributed by atoms with Crippen LogP contribution >= 0.6 is 0 Å². The van der Waals surface area contributed by atoms with Gasteiger partial charge in [0.2, 0.25) is 0 Å². The first-order chi connectivity index (χ1) is 8.41. The van der Waals surface area contributed by atoms with Gasteiger partial charge in [0.1, 0.15) is 0 Å².